The molecule has 4 nitrogen and oxygen atoms in total. The zero-order valence-electron chi connectivity index (χ0n) is 27.7. The van der Waals surface area contributed by atoms with E-state index in [0.717, 1.165) is 66.3 Å². The van der Waals surface area contributed by atoms with Crippen molar-refractivity contribution < 1.29 is 9.59 Å². The maximum atomic E-state index is 14.6. The summed E-state index contributed by atoms with van der Waals surface area (Å²) in [5.74, 6) is -0.651. The van der Waals surface area contributed by atoms with Crippen LogP contribution in [0.4, 0.5) is 5.69 Å². The topological polar surface area (TPSA) is 42.3 Å². The zero-order valence-corrected chi connectivity index (χ0v) is 27.7. The van der Waals surface area contributed by atoms with Crippen LogP contribution < -0.4 is 4.90 Å². The fourth-order valence-corrected chi connectivity index (χ4v) is 7.57. The van der Waals surface area contributed by atoms with E-state index >= 15 is 0 Å². The van der Waals surface area contributed by atoms with Crippen molar-refractivity contribution in [3.8, 4) is 39.1 Å². The van der Waals surface area contributed by atoms with E-state index in [1.54, 1.807) is 6.07 Å². The van der Waals surface area contributed by atoms with Crippen LogP contribution >= 0.6 is 0 Å². The number of para-hydroxylation sites is 2. The molecule has 0 atom stereocenters. The van der Waals surface area contributed by atoms with Gasteiger partial charge in [-0.3, -0.25) is 9.59 Å². The van der Waals surface area contributed by atoms with E-state index in [2.05, 4.69) is 103 Å². The van der Waals surface area contributed by atoms with Crippen LogP contribution in [0.1, 0.15) is 31.8 Å². The Labute approximate surface area is 290 Å². The number of anilines is 1. The van der Waals surface area contributed by atoms with E-state index in [9.17, 15) is 9.59 Å². The minimum Gasteiger partial charge on any atom is -0.307 e. The number of imide groups is 1. The van der Waals surface area contributed by atoms with Gasteiger partial charge in [0.2, 0.25) is 0 Å². The summed E-state index contributed by atoms with van der Waals surface area (Å²) in [4.78, 5) is 30.1. The van der Waals surface area contributed by atoms with Crippen molar-refractivity contribution >= 4 is 39.3 Å². The van der Waals surface area contributed by atoms with Crippen LogP contribution in [-0.4, -0.2) is 16.4 Å². The molecule has 9 rings (SSSR count). The number of benzene rings is 7. The van der Waals surface area contributed by atoms with Gasteiger partial charge < -0.3 is 4.57 Å². The van der Waals surface area contributed by atoms with E-state index in [1.807, 2.05) is 66.7 Å². The Hall–Kier alpha value is -6.52. The van der Waals surface area contributed by atoms with E-state index in [4.69, 9.17) is 0 Å². The summed E-state index contributed by atoms with van der Waals surface area (Å²) in [7, 11) is 0. The average molecular weight is 645 g/mol. The second-order valence-electron chi connectivity index (χ2n) is 13.0. The van der Waals surface area contributed by atoms with Gasteiger partial charge in [-0.15, -0.1) is 0 Å². The smallest absolute Gasteiger partial charge is 0.268 e. The minimum atomic E-state index is -0.330. The molecule has 1 aliphatic rings. The zero-order chi connectivity index (χ0) is 33.9. The highest BCUT2D eigenvalue weighted by molar-refractivity contribution is 6.36. The highest BCUT2D eigenvalue weighted by Crippen LogP contribution is 2.44. The lowest BCUT2D eigenvalue weighted by Gasteiger charge is -2.17. The summed E-state index contributed by atoms with van der Waals surface area (Å²) >= 11 is 0. The number of hydrogen-bond donors (Lipinski definition) is 0. The molecule has 0 spiro atoms. The molecule has 1 aromatic heterocycles. The fraction of sp³-hybridized carbons (Fsp3) is 0.0435. The molecule has 0 fully saturated rings. The van der Waals surface area contributed by atoms with Gasteiger partial charge in [0.1, 0.15) is 0 Å². The van der Waals surface area contributed by atoms with Crippen molar-refractivity contribution in [2.75, 3.05) is 4.90 Å². The van der Waals surface area contributed by atoms with Crippen molar-refractivity contribution in [1.82, 2.24) is 4.57 Å². The van der Waals surface area contributed by atoms with Gasteiger partial charge in [0.15, 0.2) is 0 Å². The SMILES string of the molecule is Cc1cccc(-c2cccc3c4cccc(-c5cccc(C)c5)c4n(-c4cccc5c4C(=O)N(c4ccc(-c6ccccc6)cc4)C5=O)c23)c1. The number of rotatable bonds is 5. The van der Waals surface area contributed by atoms with Crippen LogP contribution in [-0.2, 0) is 0 Å². The number of carbonyl (C=O) groups is 2. The summed E-state index contributed by atoms with van der Waals surface area (Å²) < 4.78 is 2.23. The Morgan fingerprint density at radius 2 is 0.920 bits per heavy atom. The quantitative estimate of drug-likeness (QED) is 0.175. The second-order valence-corrected chi connectivity index (χ2v) is 13.0. The average Bonchev–Trinajstić information content (AvgIpc) is 3.63. The molecular weight excluding hydrogens is 613 g/mol. The normalized spacial score (nSPS) is 12.6. The molecule has 8 aromatic rings. The van der Waals surface area contributed by atoms with E-state index in [-0.39, 0.29) is 11.8 Å². The van der Waals surface area contributed by atoms with Crippen molar-refractivity contribution in [2.45, 2.75) is 13.8 Å². The standard InChI is InChI=1S/C46H32N2O2/c1-29-11-6-15-33(27-29)36-17-8-19-38-39-20-9-18-37(34-16-7-12-30(2)28-34)44(39)48(43(36)38)41-22-10-21-40-42(41)46(50)47(45(40)49)35-25-23-32(24-26-35)31-13-4-3-5-14-31/h3-28H,1-2H3. The number of carbonyl (C=O) groups excluding carboxylic acids is 2. The predicted octanol–water partition coefficient (Wildman–Crippen LogP) is 11.2. The van der Waals surface area contributed by atoms with Crippen LogP contribution in [0, 0.1) is 13.8 Å². The molecule has 0 aliphatic carbocycles. The molecule has 0 N–H and O–H groups in total. The maximum absolute atomic E-state index is 14.6. The summed E-state index contributed by atoms with van der Waals surface area (Å²) in [5.41, 5.74) is 12.7. The van der Waals surface area contributed by atoms with Crippen molar-refractivity contribution in [3.05, 3.63) is 180 Å². The van der Waals surface area contributed by atoms with Gasteiger partial charge in [-0.25, -0.2) is 4.90 Å². The van der Waals surface area contributed by atoms with Gasteiger partial charge in [0, 0.05) is 21.9 Å². The third kappa shape index (κ3) is 4.61. The molecule has 238 valence electrons. The summed E-state index contributed by atoms with van der Waals surface area (Å²) in [6.45, 7) is 4.20. The highest BCUT2D eigenvalue weighted by atomic mass is 16.2. The Bertz CT molecular complexity index is 2550. The molecule has 4 heteroatoms. The molecule has 50 heavy (non-hydrogen) atoms. The first-order valence-electron chi connectivity index (χ1n) is 16.9. The number of aromatic nitrogens is 1. The molecule has 7 aromatic carbocycles. The van der Waals surface area contributed by atoms with Crippen LogP contribution in [0.2, 0.25) is 0 Å². The van der Waals surface area contributed by atoms with Gasteiger partial charge in [0.05, 0.1) is 33.5 Å². The Balaban J connectivity index is 1.31. The number of amides is 2. The first kappa shape index (κ1) is 29.6. The molecule has 2 heterocycles. The first-order chi connectivity index (χ1) is 24.5. The van der Waals surface area contributed by atoms with Crippen molar-refractivity contribution in [2.24, 2.45) is 0 Å². The van der Waals surface area contributed by atoms with Gasteiger partial charge in [-0.1, -0.05) is 145 Å². The van der Waals surface area contributed by atoms with E-state index < -0.39 is 0 Å². The maximum Gasteiger partial charge on any atom is 0.268 e. The Kier molecular flexibility index (Phi) is 6.85. The molecule has 0 radical (unpaired) electrons. The molecule has 0 unspecified atom stereocenters. The molecule has 2 amide bonds. The number of fused-ring (bicyclic) bond motifs is 4. The lowest BCUT2D eigenvalue weighted by molar-refractivity contribution is 0.0926. The van der Waals surface area contributed by atoms with E-state index in [1.165, 1.54) is 4.90 Å². The molecular formula is C46H32N2O2. The minimum absolute atomic E-state index is 0.321. The van der Waals surface area contributed by atoms with Crippen LogP contribution in [0.5, 0.6) is 0 Å². The lowest BCUT2D eigenvalue weighted by Crippen LogP contribution is -2.29. The van der Waals surface area contributed by atoms with Crippen LogP contribution in [0.25, 0.3) is 60.9 Å². The fourth-order valence-electron chi connectivity index (χ4n) is 7.57. The predicted molar refractivity (Wildman–Crippen MR) is 204 cm³/mol. The third-order valence-electron chi connectivity index (χ3n) is 9.83. The van der Waals surface area contributed by atoms with Crippen LogP contribution in [0.15, 0.2) is 158 Å². The van der Waals surface area contributed by atoms with Gasteiger partial charge in [0.25, 0.3) is 11.8 Å². The van der Waals surface area contributed by atoms with Crippen LogP contribution in [0.3, 0.4) is 0 Å². The number of hydrogen-bond acceptors (Lipinski definition) is 2. The highest BCUT2D eigenvalue weighted by Gasteiger charge is 2.39. The van der Waals surface area contributed by atoms with Gasteiger partial charge >= 0.3 is 0 Å². The summed E-state index contributed by atoms with van der Waals surface area (Å²) in [6, 6.07) is 53.2. The Morgan fingerprint density at radius 1 is 0.420 bits per heavy atom. The molecule has 0 saturated heterocycles. The molecule has 1 aliphatic heterocycles. The monoisotopic (exact) mass is 644 g/mol. The summed E-state index contributed by atoms with van der Waals surface area (Å²) in [6.07, 6.45) is 0. The Morgan fingerprint density at radius 3 is 1.50 bits per heavy atom. The summed E-state index contributed by atoms with van der Waals surface area (Å²) in [5, 5.41) is 2.16. The third-order valence-corrected chi connectivity index (χ3v) is 9.83. The largest absolute Gasteiger partial charge is 0.307 e. The first-order valence-corrected chi connectivity index (χ1v) is 16.9. The molecule has 0 bridgehead atoms. The van der Waals surface area contributed by atoms with Crippen molar-refractivity contribution in [3.63, 3.8) is 0 Å². The second kappa shape index (κ2) is 11.6. The van der Waals surface area contributed by atoms with Gasteiger partial charge in [-0.05, 0) is 60.4 Å². The van der Waals surface area contributed by atoms with Crippen molar-refractivity contribution in [1.29, 1.82) is 0 Å². The van der Waals surface area contributed by atoms with E-state index in [0.29, 0.717) is 22.5 Å². The molecule has 0 saturated carbocycles. The van der Waals surface area contributed by atoms with Gasteiger partial charge in [-0.2, -0.15) is 0 Å². The number of aryl methyl sites for hydroxylation is 2. The lowest BCUT2D eigenvalue weighted by atomic mass is 9.99. The number of nitrogens with zero attached hydrogens (tertiary/aromatic N) is 2.